The molecule has 2 heterocycles. The minimum absolute atomic E-state index is 0.0257. The first-order valence-electron chi connectivity index (χ1n) is 10.2. The summed E-state index contributed by atoms with van der Waals surface area (Å²) < 4.78 is 7.94. The number of nitrogens with two attached hydrogens (primary N) is 1. The number of hydrogen-bond donors (Lipinski definition) is 2. The topological polar surface area (TPSA) is 98.3 Å². The van der Waals surface area contributed by atoms with E-state index in [9.17, 15) is 4.79 Å². The first-order chi connectivity index (χ1) is 15.4. The van der Waals surface area contributed by atoms with Crippen molar-refractivity contribution < 1.29 is 4.74 Å². The average molecular weight is 428 g/mol. The van der Waals surface area contributed by atoms with Crippen LogP contribution in [0, 0.1) is 13.8 Å². The van der Waals surface area contributed by atoms with Crippen molar-refractivity contribution in [2.45, 2.75) is 13.8 Å². The zero-order valence-electron chi connectivity index (χ0n) is 18.5. The van der Waals surface area contributed by atoms with Crippen molar-refractivity contribution in [1.82, 2.24) is 14.5 Å². The van der Waals surface area contributed by atoms with Gasteiger partial charge in [0.2, 0.25) is 0 Å². The molecule has 2 aromatic carbocycles. The van der Waals surface area contributed by atoms with Crippen LogP contribution < -0.4 is 16.0 Å². The molecule has 3 N–H and O–H groups in total. The molecule has 4 rings (SSSR count). The smallest absolute Gasteiger partial charge is 0.253 e. The highest BCUT2D eigenvalue weighted by atomic mass is 16.5. The SMILES string of the molecule is CN=CC=C(N)c1ccc(Oc2c(-c3cc(C)c(=O)n(C)c3)ccc3[nH]c(C)nc23)cc1. The Morgan fingerprint density at radius 1 is 1.19 bits per heavy atom. The summed E-state index contributed by atoms with van der Waals surface area (Å²) in [7, 11) is 3.44. The highest BCUT2D eigenvalue weighted by Gasteiger charge is 2.16. The van der Waals surface area contributed by atoms with E-state index in [1.54, 1.807) is 31.0 Å². The lowest BCUT2D eigenvalue weighted by atomic mass is 10.0. The number of aliphatic imine (C=N–C) groups is 1. The summed E-state index contributed by atoms with van der Waals surface area (Å²) in [5.41, 5.74) is 11.6. The fourth-order valence-electron chi connectivity index (χ4n) is 3.61. The lowest BCUT2D eigenvalue weighted by molar-refractivity contribution is 0.489. The molecule has 0 aliphatic heterocycles. The van der Waals surface area contributed by atoms with Gasteiger partial charge in [0.05, 0.1) is 5.52 Å². The van der Waals surface area contributed by atoms with Gasteiger partial charge in [0, 0.05) is 48.9 Å². The molecule has 162 valence electrons. The van der Waals surface area contributed by atoms with Crippen LogP contribution in [0.25, 0.3) is 27.9 Å². The van der Waals surface area contributed by atoms with E-state index >= 15 is 0 Å². The first-order valence-corrected chi connectivity index (χ1v) is 10.2. The normalized spacial score (nSPS) is 12.1. The number of aryl methyl sites for hydroxylation is 3. The van der Waals surface area contributed by atoms with E-state index in [1.807, 2.05) is 62.5 Å². The Kier molecular flexibility index (Phi) is 5.64. The van der Waals surface area contributed by atoms with E-state index in [0.29, 0.717) is 22.8 Å². The second-order valence-electron chi connectivity index (χ2n) is 7.64. The predicted molar refractivity (Wildman–Crippen MR) is 129 cm³/mol. The highest BCUT2D eigenvalue weighted by molar-refractivity contribution is 5.91. The fourth-order valence-corrected chi connectivity index (χ4v) is 3.61. The van der Waals surface area contributed by atoms with Crippen molar-refractivity contribution in [2.24, 2.45) is 17.8 Å². The van der Waals surface area contributed by atoms with Gasteiger partial charge in [-0.05, 0) is 68.0 Å². The molecule has 0 radical (unpaired) electrons. The van der Waals surface area contributed by atoms with Crippen LogP contribution in [0.3, 0.4) is 0 Å². The molecular weight excluding hydrogens is 402 g/mol. The monoisotopic (exact) mass is 427 g/mol. The number of imidazole rings is 1. The zero-order valence-corrected chi connectivity index (χ0v) is 18.5. The molecule has 0 spiro atoms. The number of fused-ring (bicyclic) bond motifs is 1. The molecule has 0 fully saturated rings. The quantitative estimate of drug-likeness (QED) is 0.463. The van der Waals surface area contributed by atoms with E-state index in [1.165, 1.54) is 0 Å². The Morgan fingerprint density at radius 2 is 1.94 bits per heavy atom. The third-order valence-electron chi connectivity index (χ3n) is 5.21. The molecule has 0 saturated carbocycles. The van der Waals surface area contributed by atoms with Gasteiger partial charge in [-0.1, -0.05) is 0 Å². The minimum atomic E-state index is -0.0257. The molecule has 0 aliphatic carbocycles. The summed E-state index contributed by atoms with van der Waals surface area (Å²) in [5.74, 6) is 2.07. The molecule has 0 atom stereocenters. The second-order valence-corrected chi connectivity index (χ2v) is 7.64. The maximum atomic E-state index is 12.2. The molecule has 0 amide bonds. The van der Waals surface area contributed by atoms with E-state index in [4.69, 9.17) is 10.5 Å². The summed E-state index contributed by atoms with van der Waals surface area (Å²) >= 11 is 0. The number of nitrogens with one attached hydrogen (secondary N) is 1. The number of hydrogen-bond acceptors (Lipinski definition) is 5. The number of ether oxygens (including phenoxy) is 1. The largest absolute Gasteiger partial charge is 0.454 e. The van der Waals surface area contributed by atoms with Crippen LogP contribution in [-0.4, -0.2) is 27.8 Å². The van der Waals surface area contributed by atoms with Gasteiger partial charge in [-0.15, -0.1) is 0 Å². The Bertz CT molecular complexity index is 1380. The number of benzene rings is 2. The maximum absolute atomic E-state index is 12.2. The molecule has 7 heteroatoms. The van der Waals surface area contributed by atoms with Crippen LogP contribution >= 0.6 is 0 Å². The molecule has 0 aliphatic rings. The van der Waals surface area contributed by atoms with E-state index in [-0.39, 0.29) is 5.56 Å². The third kappa shape index (κ3) is 4.05. The Labute approximate surface area is 185 Å². The summed E-state index contributed by atoms with van der Waals surface area (Å²) in [6.07, 6.45) is 5.22. The lowest BCUT2D eigenvalue weighted by Gasteiger charge is -2.14. The number of aromatic amines is 1. The number of rotatable bonds is 5. The van der Waals surface area contributed by atoms with Crippen LogP contribution in [0.2, 0.25) is 0 Å². The van der Waals surface area contributed by atoms with Crippen LogP contribution in [0.15, 0.2) is 64.5 Å². The number of allylic oxidation sites excluding steroid dienone is 1. The van der Waals surface area contributed by atoms with Crippen molar-refractivity contribution in [1.29, 1.82) is 0 Å². The van der Waals surface area contributed by atoms with Gasteiger partial charge in [-0.2, -0.15) is 0 Å². The summed E-state index contributed by atoms with van der Waals surface area (Å²) in [6.45, 7) is 3.72. The van der Waals surface area contributed by atoms with E-state index in [0.717, 1.165) is 33.5 Å². The molecule has 7 nitrogen and oxygen atoms in total. The van der Waals surface area contributed by atoms with Gasteiger partial charge >= 0.3 is 0 Å². The van der Waals surface area contributed by atoms with Gasteiger partial charge in [0.25, 0.3) is 5.56 Å². The lowest BCUT2D eigenvalue weighted by Crippen LogP contribution is -2.18. The van der Waals surface area contributed by atoms with Crippen molar-refractivity contribution in [3.05, 3.63) is 82.0 Å². The van der Waals surface area contributed by atoms with Crippen molar-refractivity contribution in [3.8, 4) is 22.6 Å². The van der Waals surface area contributed by atoms with E-state index in [2.05, 4.69) is 15.0 Å². The molecule has 0 bridgehead atoms. The summed E-state index contributed by atoms with van der Waals surface area (Å²) in [4.78, 5) is 24.0. The number of pyridine rings is 1. The Hall–Kier alpha value is -4.13. The van der Waals surface area contributed by atoms with Gasteiger partial charge < -0.3 is 20.0 Å². The first kappa shape index (κ1) is 21.1. The van der Waals surface area contributed by atoms with Crippen molar-refractivity contribution >= 4 is 22.9 Å². The van der Waals surface area contributed by atoms with Crippen LogP contribution in [-0.2, 0) is 7.05 Å². The van der Waals surface area contributed by atoms with Crippen molar-refractivity contribution in [3.63, 3.8) is 0 Å². The van der Waals surface area contributed by atoms with Gasteiger partial charge in [-0.3, -0.25) is 9.79 Å². The maximum Gasteiger partial charge on any atom is 0.253 e. The van der Waals surface area contributed by atoms with Crippen LogP contribution in [0.1, 0.15) is 17.0 Å². The molecule has 32 heavy (non-hydrogen) atoms. The zero-order chi connectivity index (χ0) is 22.8. The van der Waals surface area contributed by atoms with Gasteiger partial charge in [0.1, 0.15) is 17.1 Å². The average Bonchev–Trinajstić information content (AvgIpc) is 3.17. The van der Waals surface area contributed by atoms with Gasteiger partial charge in [0.15, 0.2) is 5.75 Å². The molecule has 0 unspecified atom stereocenters. The summed E-state index contributed by atoms with van der Waals surface area (Å²) in [5, 5.41) is 0. The number of aromatic nitrogens is 3. The molecule has 2 aromatic heterocycles. The Balaban J connectivity index is 1.81. The second kappa shape index (κ2) is 8.55. The standard InChI is InChI=1S/C25H25N5O2/c1-15-13-18(14-30(4)25(15)31)20-9-10-22-23(29-16(2)28-22)24(20)32-19-7-5-17(6-8-19)21(26)11-12-27-3/h5-14H,26H2,1-4H3,(H,28,29). The van der Waals surface area contributed by atoms with Crippen molar-refractivity contribution in [2.75, 3.05) is 7.05 Å². The van der Waals surface area contributed by atoms with E-state index < -0.39 is 0 Å². The Morgan fingerprint density at radius 3 is 2.62 bits per heavy atom. The van der Waals surface area contributed by atoms with Crippen LogP contribution in [0.4, 0.5) is 0 Å². The minimum Gasteiger partial charge on any atom is -0.454 e. The van der Waals surface area contributed by atoms with Crippen LogP contribution in [0.5, 0.6) is 11.5 Å². The number of nitrogens with zero attached hydrogens (tertiary/aromatic N) is 3. The molecule has 0 saturated heterocycles. The highest BCUT2D eigenvalue weighted by Crippen LogP contribution is 2.38. The van der Waals surface area contributed by atoms with Gasteiger partial charge in [-0.25, -0.2) is 4.98 Å². The third-order valence-corrected chi connectivity index (χ3v) is 5.21. The molecular formula is C25H25N5O2. The number of H-pyrrole nitrogens is 1. The molecule has 4 aromatic rings. The predicted octanol–water partition coefficient (Wildman–Crippen LogP) is 4.34. The fraction of sp³-hybridized carbons (Fsp3) is 0.160. The summed E-state index contributed by atoms with van der Waals surface area (Å²) in [6, 6.07) is 13.4.